The number of hydrazone groups is 1. The van der Waals surface area contributed by atoms with Crippen LogP contribution < -0.4 is 5.43 Å². The highest BCUT2D eigenvalue weighted by Crippen LogP contribution is 2.16. The van der Waals surface area contributed by atoms with Gasteiger partial charge in [0.25, 0.3) is 0 Å². The Labute approximate surface area is 151 Å². The van der Waals surface area contributed by atoms with E-state index in [1.165, 1.54) is 12.1 Å². The predicted octanol–water partition coefficient (Wildman–Crippen LogP) is 3.32. The van der Waals surface area contributed by atoms with Crippen molar-refractivity contribution in [3.05, 3.63) is 82.9 Å². The Kier molecular flexibility index (Phi) is 5.22. The van der Waals surface area contributed by atoms with Crippen molar-refractivity contribution in [1.29, 1.82) is 0 Å². The molecule has 0 atom stereocenters. The minimum Gasteiger partial charge on any atom is -0.273 e. The summed E-state index contributed by atoms with van der Waals surface area (Å²) < 4.78 is 14.7. The molecule has 0 unspecified atom stereocenters. The van der Waals surface area contributed by atoms with Crippen LogP contribution in [0.15, 0.2) is 59.7 Å². The fourth-order valence-corrected chi connectivity index (χ4v) is 2.66. The number of benzene rings is 2. The second-order valence-corrected chi connectivity index (χ2v) is 5.93. The average Bonchev–Trinajstić information content (AvgIpc) is 2.92. The van der Waals surface area contributed by atoms with Gasteiger partial charge in [0.05, 0.1) is 29.7 Å². The summed E-state index contributed by atoms with van der Waals surface area (Å²) in [6, 6.07) is 15.6. The third-order valence-electron chi connectivity index (χ3n) is 4.01. The summed E-state index contributed by atoms with van der Waals surface area (Å²) in [5, 5.41) is 8.56. The van der Waals surface area contributed by atoms with Gasteiger partial charge in [-0.15, -0.1) is 0 Å². The molecular formula is C20H19FN4O. The maximum absolute atomic E-state index is 12.9. The van der Waals surface area contributed by atoms with Gasteiger partial charge in [0.1, 0.15) is 5.82 Å². The van der Waals surface area contributed by atoms with Gasteiger partial charge in [-0.1, -0.05) is 30.3 Å². The Morgan fingerprint density at radius 1 is 1.15 bits per heavy atom. The van der Waals surface area contributed by atoms with Crippen LogP contribution >= 0.6 is 0 Å². The van der Waals surface area contributed by atoms with Crippen LogP contribution in [0, 0.1) is 19.7 Å². The van der Waals surface area contributed by atoms with E-state index in [-0.39, 0.29) is 18.1 Å². The maximum atomic E-state index is 12.9. The van der Waals surface area contributed by atoms with Crippen LogP contribution in [0.2, 0.25) is 0 Å². The molecule has 1 heterocycles. The molecule has 0 spiro atoms. The van der Waals surface area contributed by atoms with E-state index in [0.717, 1.165) is 28.2 Å². The molecule has 5 nitrogen and oxygen atoms in total. The van der Waals surface area contributed by atoms with E-state index in [4.69, 9.17) is 0 Å². The van der Waals surface area contributed by atoms with Crippen LogP contribution in [0.3, 0.4) is 0 Å². The van der Waals surface area contributed by atoms with Crippen molar-refractivity contribution in [3.8, 4) is 5.69 Å². The number of nitrogens with one attached hydrogen (secondary N) is 1. The third-order valence-corrected chi connectivity index (χ3v) is 4.01. The number of amides is 1. The molecule has 0 saturated heterocycles. The second-order valence-electron chi connectivity index (χ2n) is 5.93. The second kappa shape index (κ2) is 7.74. The average molecular weight is 350 g/mol. The zero-order chi connectivity index (χ0) is 18.5. The van der Waals surface area contributed by atoms with Gasteiger partial charge < -0.3 is 0 Å². The van der Waals surface area contributed by atoms with Gasteiger partial charge in [-0.05, 0) is 43.7 Å². The van der Waals surface area contributed by atoms with E-state index >= 15 is 0 Å². The number of nitrogens with zero attached hydrogens (tertiary/aromatic N) is 3. The fourth-order valence-electron chi connectivity index (χ4n) is 2.66. The van der Waals surface area contributed by atoms with Crippen LogP contribution in [0.25, 0.3) is 5.69 Å². The topological polar surface area (TPSA) is 59.3 Å². The van der Waals surface area contributed by atoms with Crippen molar-refractivity contribution in [1.82, 2.24) is 15.2 Å². The van der Waals surface area contributed by atoms with Crippen molar-refractivity contribution in [2.45, 2.75) is 20.3 Å². The molecule has 0 aliphatic rings. The number of hydrogen-bond donors (Lipinski definition) is 1. The first kappa shape index (κ1) is 17.5. The number of halogens is 1. The Morgan fingerprint density at radius 3 is 2.54 bits per heavy atom. The molecule has 0 bridgehead atoms. The number of aromatic nitrogens is 2. The Bertz CT molecular complexity index is 930. The quantitative estimate of drug-likeness (QED) is 0.567. The van der Waals surface area contributed by atoms with Gasteiger partial charge >= 0.3 is 0 Å². The van der Waals surface area contributed by atoms with Crippen molar-refractivity contribution < 1.29 is 9.18 Å². The van der Waals surface area contributed by atoms with Crippen molar-refractivity contribution in [3.63, 3.8) is 0 Å². The van der Waals surface area contributed by atoms with Crippen LogP contribution in [0.5, 0.6) is 0 Å². The van der Waals surface area contributed by atoms with E-state index in [1.807, 2.05) is 48.9 Å². The largest absolute Gasteiger partial charge is 0.273 e. The maximum Gasteiger partial charge on any atom is 0.244 e. The standard InChI is InChI=1S/C20H19FN4O/c1-14-19(15(2)25(24-14)18-6-4-3-5-7-18)13-22-23-20(26)12-16-8-10-17(21)11-9-16/h3-11,13H,12H2,1-2H3,(H,23,26)/b22-13-. The SMILES string of the molecule is Cc1nn(-c2ccccc2)c(C)c1/C=N\NC(=O)Cc1ccc(F)cc1. The number of aryl methyl sites for hydroxylation is 1. The van der Waals surface area contributed by atoms with Gasteiger partial charge in [-0.25, -0.2) is 14.5 Å². The minimum absolute atomic E-state index is 0.138. The Morgan fingerprint density at radius 2 is 1.85 bits per heavy atom. The minimum atomic E-state index is -0.325. The molecule has 0 fully saturated rings. The third kappa shape index (κ3) is 4.03. The van der Waals surface area contributed by atoms with Crippen LogP contribution in [0.4, 0.5) is 4.39 Å². The fraction of sp³-hybridized carbons (Fsp3) is 0.150. The monoisotopic (exact) mass is 350 g/mol. The van der Waals surface area contributed by atoms with Gasteiger partial charge in [-0.3, -0.25) is 4.79 Å². The molecule has 132 valence electrons. The molecule has 6 heteroatoms. The van der Waals surface area contributed by atoms with Gasteiger partial charge in [0.2, 0.25) is 5.91 Å². The van der Waals surface area contributed by atoms with Gasteiger partial charge in [-0.2, -0.15) is 10.2 Å². The lowest BCUT2D eigenvalue weighted by Gasteiger charge is -2.03. The summed E-state index contributed by atoms with van der Waals surface area (Å²) in [5.74, 6) is -0.591. The number of hydrogen-bond acceptors (Lipinski definition) is 3. The first-order chi connectivity index (χ1) is 12.5. The highest BCUT2D eigenvalue weighted by atomic mass is 19.1. The van der Waals surface area contributed by atoms with Gasteiger partial charge in [0.15, 0.2) is 0 Å². The number of rotatable bonds is 5. The summed E-state index contributed by atoms with van der Waals surface area (Å²) in [6.45, 7) is 3.85. The zero-order valence-corrected chi connectivity index (χ0v) is 14.6. The molecule has 0 aliphatic carbocycles. The Hall–Kier alpha value is -3.28. The number of carbonyl (C=O) groups excluding carboxylic acids is 1. The van der Waals surface area contributed by atoms with E-state index in [2.05, 4.69) is 15.6 Å². The number of para-hydroxylation sites is 1. The summed E-state index contributed by atoms with van der Waals surface area (Å²) in [4.78, 5) is 11.9. The lowest BCUT2D eigenvalue weighted by atomic mass is 10.1. The molecule has 3 rings (SSSR count). The molecule has 0 saturated carbocycles. The predicted molar refractivity (Wildman–Crippen MR) is 98.9 cm³/mol. The molecule has 3 aromatic rings. The summed E-state index contributed by atoms with van der Waals surface area (Å²) >= 11 is 0. The molecule has 1 N–H and O–H groups in total. The molecule has 1 aromatic heterocycles. The highest BCUT2D eigenvalue weighted by Gasteiger charge is 2.11. The summed E-state index contributed by atoms with van der Waals surface area (Å²) in [5.41, 5.74) is 6.80. The van der Waals surface area contributed by atoms with Crippen LogP contribution in [0.1, 0.15) is 22.5 Å². The lowest BCUT2D eigenvalue weighted by molar-refractivity contribution is -0.120. The molecule has 26 heavy (non-hydrogen) atoms. The normalized spacial score (nSPS) is 11.0. The smallest absolute Gasteiger partial charge is 0.244 e. The van der Waals surface area contributed by atoms with E-state index in [0.29, 0.717) is 0 Å². The van der Waals surface area contributed by atoms with Crippen molar-refractivity contribution >= 4 is 12.1 Å². The first-order valence-corrected chi connectivity index (χ1v) is 8.22. The van der Waals surface area contributed by atoms with Crippen LogP contribution in [-0.2, 0) is 11.2 Å². The van der Waals surface area contributed by atoms with Gasteiger partial charge in [0, 0.05) is 5.56 Å². The number of carbonyl (C=O) groups is 1. The molecule has 0 radical (unpaired) electrons. The highest BCUT2D eigenvalue weighted by molar-refractivity contribution is 5.85. The first-order valence-electron chi connectivity index (χ1n) is 8.22. The summed E-state index contributed by atoms with van der Waals surface area (Å²) in [6.07, 6.45) is 1.73. The summed E-state index contributed by atoms with van der Waals surface area (Å²) in [7, 11) is 0. The molecular weight excluding hydrogens is 331 g/mol. The Balaban J connectivity index is 1.68. The van der Waals surface area contributed by atoms with E-state index in [1.54, 1.807) is 18.3 Å². The zero-order valence-electron chi connectivity index (χ0n) is 14.6. The lowest BCUT2D eigenvalue weighted by Crippen LogP contribution is -2.19. The van der Waals surface area contributed by atoms with Crippen LogP contribution in [-0.4, -0.2) is 21.9 Å². The van der Waals surface area contributed by atoms with E-state index < -0.39 is 0 Å². The molecule has 0 aliphatic heterocycles. The molecule has 2 aromatic carbocycles. The van der Waals surface area contributed by atoms with E-state index in [9.17, 15) is 9.18 Å². The van der Waals surface area contributed by atoms with Crippen molar-refractivity contribution in [2.24, 2.45) is 5.10 Å². The molecule has 1 amide bonds. The van der Waals surface area contributed by atoms with Crippen molar-refractivity contribution in [2.75, 3.05) is 0 Å².